The number of likely N-dealkylation sites (tertiary alicyclic amines) is 1. The first-order valence-electron chi connectivity index (χ1n) is 18.1. The molecule has 0 radical (unpaired) electrons. The van der Waals surface area contributed by atoms with Crippen LogP contribution in [0.1, 0.15) is 121 Å². The number of nitrogens with zero attached hydrogens (tertiary/aromatic N) is 1. The Hall–Kier alpha value is -3.16. The van der Waals surface area contributed by atoms with E-state index < -0.39 is 0 Å². The average Bonchev–Trinajstić information content (AvgIpc) is 3.09. The number of rotatable bonds is 9. The van der Waals surface area contributed by atoms with Gasteiger partial charge in [0, 0.05) is 23.7 Å². The molecular formula is C40H58ClN3O4. The maximum atomic E-state index is 13.4. The summed E-state index contributed by atoms with van der Waals surface area (Å²) in [5.74, 6) is 0.736. The van der Waals surface area contributed by atoms with Gasteiger partial charge in [0.1, 0.15) is 5.58 Å². The first kappa shape index (κ1) is 39.3. The molecule has 48 heavy (non-hydrogen) atoms. The third-order valence-electron chi connectivity index (χ3n) is 9.60. The molecule has 1 saturated carbocycles. The van der Waals surface area contributed by atoms with Gasteiger partial charge in [0.25, 0.3) is 5.91 Å². The number of fused-ring (bicyclic) bond motifs is 1. The molecule has 264 valence electrons. The van der Waals surface area contributed by atoms with Crippen LogP contribution in [-0.4, -0.2) is 48.9 Å². The van der Waals surface area contributed by atoms with Crippen LogP contribution in [0.5, 0.6) is 0 Å². The lowest BCUT2D eigenvalue weighted by Crippen LogP contribution is -2.54. The van der Waals surface area contributed by atoms with E-state index in [0.717, 1.165) is 49.5 Å². The summed E-state index contributed by atoms with van der Waals surface area (Å²) >= 11 is 5.61. The Balaban J connectivity index is 0.000000540. The smallest absolute Gasteiger partial charge is 0.287 e. The number of hydrogen-bond acceptors (Lipinski definition) is 5. The minimum atomic E-state index is -0.364. The first-order valence-corrected chi connectivity index (χ1v) is 18.5. The molecule has 2 aliphatic rings. The number of nitrogens with one attached hydrogen (secondary N) is 2. The Morgan fingerprint density at radius 1 is 0.958 bits per heavy atom. The molecule has 2 aromatic carbocycles. The van der Waals surface area contributed by atoms with Crippen molar-refractivity contribution in [3.8, 4) is 0 Å². The van der Waals surface area contributed by atoms with Gasteiger partial charge < -0.3 is 20.0 Å². The Labute approximate surface area is 293 Å². The molecule has 3 aromatic rings. The maximum Gasteiger partial charge on any atom is 0.287 e. The Morgan fingerprint density at radius 3 is 2.19 bits per heavy atom. The SMILES string of the molecule is CC.CC(C)NC(=O)C1(C2CCCCC2)CCN(CCCNC(=O)c2cc(=O)c3cc(C(C)C)ccc3o2)CC1.Cc1ccc(Cl)cc1. The monoisotopic (exact) mass is 679 g/mol. The fourth-order valence-electron chi connectivity index (χ4n) is 6.83. The van der Waals surface area contributed by atoms with E-state index in [1.807, 2.05) is 71.0 Å². The molecule has 0 unspecified atom stereocenters. The minimum Gasteiger partial charge on any atom is -0.451 e. The van der Waals surface area contributed by atoms with Gasteiger partial charge in [-0.15, -0.1) is 0 Å². The Kier molecular flexibility index (Phi) is 15.7. The molecular weight excluding hydrogens is 622 g/mol. The van der Waals surface area contributed by atoms with Crippen molar-refractivity contribution in [3.63, 3.8) is 0 Å². The lowest BCUT2D eigenvalue weighted by atomic mass is 9.63. The molecule has 2 fully saturated rings. The molecule has 2 heterocycles. The van der Waals surface area contributed by atoms with Crippen LogP contribution in [0, 0.1) is 18.3 Å². The van der Waals surface area contributed by atoms with Crippen LogP contribution in [0.15, 0.2) is 57.7 Å². The molecule has 0 spiro atoms. The fraction of sp³-hybridized carbons (Fsp3) is 0.575. The van der Waals surface area contributed by atoms with Crippen LogP contribution in [-0.2, 0) is 4.79 Å². The number of benzene rings is 2. The van der Waals surface area contributed by atoms with E-state index in [9.17, 15) is 14.4 Å². The van der Waals surface area contributed by atoms with Gasteiger partial charge in [0.15, 0.2) is 11.2 Å². The zero-order chi connectivity index (χ0) is 35.3. The van der Waals surface area contributed by atoms with Crippen LogP contribution in [0.3, 0.4) is 0 Å². The molecule has 2 amide bonds. The molecule has 5 rings (SSSR count). The van der Waals surface area contributed by atoms with Crippen molar-refractivity contribution in [1.82, 2.24) is 15.5 Å². The fourth-order valence-corrected chi connectivity index (χ4v) is 6.95. The molecule has 1 aliphatic carbocycles. The molecule has 7 nitrogen and oxygen atoms in total. The summed E-state index contributed by atoms with van der Waals surface area (Å²) in [7, 11) is 0. The molecule has 2 N–H and O–H groups in total. The number of carbonyl (C=O) groups is 2. The van der Waals surface area contributed by atoms with Crippen molar-refractivity contribution in [3.05, 3.63) is 80.7 Å². The largest absolute Gasteiger partial charge is 0.451 e. The van der Waals surface area contributed by atoms with E-state index >= 15 is 0 Å². The maximum absolute atomic E-state index is 13.4. The lowest BCUT2D eigenvalue weighted by Gasteiger charge is -2.47. The third-order valence-corrected chi connectivity index (χ3v) is 9.85. The molecule has 1 saturated heterocycles. The van der Waals surface area contributed by atoms with Crippen molar-refractivity contribution in [2.45, 2.75) is 112 Å². The Morgan fingerprint density at radius 2 is 1.60 bits per heavy atom. The summed E-state index contributed by atoms with van der Waals surface area (Å²) in [4.78, 5) is 41.1. The van der Waals surface area contributed by atoms with Crippen LogP contribution < -0.4 is 16.1 Å². The zero-order valence-corrected chi connectivity index (χ0v) is 31.1. The summed E-state index contributed by atoms with van der Waals surface area (Å²) in [6.45, 7) is 17.5. The standard InChI is InChI=1S/C31H45N3O4.C7H7Cl.C2H6/c1-21(2)23-11-12-27-25(19-23)26(35)20-28(38-27)29(36)32-15-8-16-34-17-13-31(14-18-34,30(37)33-22(3)4)24-9-6-5-7-10-24;1-6-2-4-7(8)5-3-6;1-2/h11-12,19-22,24H,5-10,13-18H2,1-4H3,(H,32,36)(H,33,37);2-5H,1H3;1-2H3. The number of aryl methyl sites for hydroxylation is 1. The van der Waals surface area contributed by atoms with Crippen molar-refractivity contribution in [2.75, 3.05) is 26.2 Å². The second-order valence-electron chi connectivity index (χ2n) is 13.8. The summed E-state index contributed by atoms with van der Waals surface area (Å²) in [6.07, 6.45) is 8.71. The van der Waals surface area contributed by atoms with E-state index in [1.165, 1.54) is 43.7 Å². The normalized spacial score (nSPS) is 16.5. The minimum absolute atomic E-state index is 0.0474. The number of hydrogen-bond donors (Lipinski definition) is 2. The number of amides is 2. The third kappa shape index (κ3) is 10.9. The van der Waals surface area contributed by atoms with Crippen LogP contribution in [0.25, 0.3) is 11.0 Å². The van der Waals surface area contributed by atoms with Crippen LogP contribution in [0.4, 0.5) is 0 Å². The van der Waals surface area contributed by atoms with Gasteiger partial charge >= 0.3 is 0 Å². The number of halogens is 1. The van der Waals surface area contributed by atoms with Crippen molar-refractivity contribution < 1.29 is 14.0 Å². The van der Waals surface area contributed by atoms with Gasteiger partial charge in [-0.25, -0.2) is 0 Å². The van der Waals surface area contributed by atoms with Crippen LogP contribution in [0.2, 0.25) is 5.02 Å². The van der Waals surface area contributed by atoms with Crippen LogP contribution >= 0.6 is 11.6 Å². The van der Waals surface area contributed by atoms with Gasteiger partial charge in [-0.3, -0.25) is 14.4 Å². The molecule has 1 aromatic heterocycles. The van der Waals surface area contributed by atoms with Crippen molar-refractivity contribution in [1.29, 1.82) is 0 Å². The molecule has 0 bridgehead atoms. The van der Waals surface area contributed by atoms with E-state index in [2.05, 4.69) is 29.4 Å². The van der Waals surface area contributed by atoms with Crippen molar-refractivity contribution in [2.24, 2.45) is 11.3 Å². The van der Waals surface area contributed by atoms with E-state index in [0.29, 0.717) is 29.3 Å². The highest BCUT2D eigenvalue weighted by atomic mass is 35.5. The lowest BCUT2D eigenvalue weighted by molar-refractivity contribution is -0.140. The first-order chi connectivity index (χ1) is 23.0. The highest BCUT2D eigenvalue weighted by molar-refractivity contribution is 6.30. The predicted octanol–water partition coefficient (Wildman–Crippen LogP) is 8.90. The van der Waals surface area contributed by atoms with Gasteiger partial charge in [0.2, 0.25) is 5.91 Å². The second-order valence-corrected chi connectivity index (χ2v) is 14.2. The predicted molar refractivity (Wildman–Crippen MR) is 199 cm³/mol. The Bertz CT molecular complexity index is 1480. The highest BCUT2D eigenvalue weighted by Crippen LogP contribution is 2.46. The van der Waals surface area contributed by atoms with E-state index in [4.69, 9.17) is 16.0 Å². The number of piperidine rings is 1. The highest BCUT2D eigenvalue weighted by Gasteiger charge is 2.47. The molecule has 0 atom stereocenters. The van der Waals surface area contributed by atoms with Gasteiger partial charge in [-0.1, -0.05) is 82.3 Å². The van der Waals surface area contributed by atoms with Crippen molar-refractivity contribution >= 4 is 34.4 Å². The quantitative estimate of drug-likeness (QED) is 0.221. The molecule has 8 heteroatoms. The van der Waals surface area contributed by atoms with Gasteiger partial charge in [-0.2, -0.15) is 0 Å². The summed E-state index contributed by atoms with van der Waals surface area (Å²) < 4.78 is 5.76. The zero-order valence-electron chi connectivity index (χ0n) is 30.3. The summed E-state index contributed by atoms with van der Waals surface area (Å²) in [5, 5.41) is 7.44. The average molecular weight is 680 g/mol. The summed E-state index contributed by atoms with van der Waals surface area (Å²) in [6, 6.07) is 14.8. The molecule has 1 aliphatic heterocycles. The topological polar surface area (TPSA) is 91.7 Å². The number of carbonyl (C=O) groups excluding carboxylic acids is 2. The van der Waals surface area contributed by atoms with Gasteiger partial charge in [0.05, 0.1) is 10.8 Å². The van der Waals surface area contributed by atoms with E-state index in [-0.39, 0.29) is 34.5 Å². The summed E-state index contributed by atoms with van der Waals surface area (Å²) in [5.41, 5.74) is 2.31. The van der Waals surface area contributed by atoms with Gasteiger partial charge in [-0.05, 0) is 114 Å². The van der Waals surface area contributed by atoms with E-state index in [1.54, 1.807) is 6.07 Å². The second kappa shape index (κ2) is 19.1.